The number of hydrogen-bond donors (Lipinski definition) is 2. The van der Waals surface area contributed by atoms with Gasteiger partial charge in [0.1, 0.15) is 6.04 Å². The number of amides is 4. The minimum atomic E-state index is -0.998. The van der Waals surface area contributed by atoms with Crippen LogP contribution in [-0.4, -0.2) is 67.2 Å². The van der Waals surface area contributed by atoms with Crippen LogP contribution >= 0.6 is 0 Å². The molecule has 3 saturated heterocycles. The van der Waals surface area contributed by atoms with E-state index in [1.54, 1.807) is 19.1 Å². The fourth-order valence-corrected chi connectivity index (χ4v) is 5.14. The zero-order valence-electron chi connectivity index (χ0n) is 20.7. The highest BCUT2D eigenvalue weighted by Gasteiger charge is 2.40. The van der Waals surface area contributed by atoms with E-state index in [4.69, 9.17) is 9.47 Å². The molecule has 1 unspecified atom stereocenters. The molecule has 3 aliphatic heterocycles. The first-order valence-electron chi connectivity index (χ1n) is 12.5. The molecule has 5 rings (SSSR count). The van der Waals surface area contributed by atoms with Gasteiger partial charge in [0, 0.05) is 55.0 Å². The van der Waals surface area contributed by atoms with Crippen molar-refractivity contribution in [2.24, 2.45) is 0 Å². The number of imide groups is 2. The predicted molar refractivity (Wildman–Crippen MR) is 135 cm³/mol. The number of nitrogens with one attached hydrogen (secondary N) is 2. The first-order valence-corrected chi connectivity index (χ1v) is 12.5. The monoisotopic (exact) mass is 506 g/mol. The molecule has 0 aliphatic carbocycles. The van der Waals surface area contributed by atoms with Gasteiger partial charge in [-0.05, 0) is 61.4 Å². The van der Waals surface area contributed by atoms with E-state index in [1.165, 1.54) is 0 Å². The lowest BCUT2D eigenvalue weighted by Crippen LogP contribution is -2.53. The van der Waals surface area contributed by atoms with E-state index < -0.39 is 29.6 Å². The number of carbonyl (C=O) groups excluding carboxylic acids is 4. The molecule has 2 aromatic carbocycles. The maximum Gasteiger partial charge on any atom is 0.261 e. The Morgan fingerprint density at radius 3 is 2.38 bits per heavy atom. The number of ether oxygens (including phenoxy) is 2. The number of anilines is 3. The van der Waals surface area contributed by atoms with Crippen molar-refractivity contribution in [2.45, 2.75) is 44.4 Å². The summed E-state index contributed by atoms with van der Waals surface area (Å²) < 4.78 is 11.6. The summed E-state index contributed by atoms with van der Waals surface area (Å²) in [4.78, 5) is 51.5. The minimum Gasteiger partial charge on any atom is -0.371 e. The van der Waals surface area contributed by atoms with Crippen LogP contribution in [0.4, 0.5) is 17.1 Å². The summed E-state index contributed by atoms with van der Waals surface area (Å²) in [5, 5.41) is 5.53. The van der Waals surface area contributed by atoms with E-state index in [0.717, 1.165) is 47.9 Å². The predicted octanol–water partition coefficient (Wildman–Crippen LogP) is 2.49. The fraction of sp³-hybridized carbons (Fsp3) is 0.407. The summed E-state index contributed by atoms with van der Waals surface area (Å²) in [6, 6.07) is 12.4. The average molecular weight is 507 g/mol. The molecule has 0 bridgehead atoms. The second-order valence-corrected chi connectivity index (χ2v) is 9.58. The molecule has 3 heterocycles. The van der Waals surface area contributed by atoms with Crippen molar-refractivity contribution in [2.75, 3.05) is 36.5 Å². The number of aryl methyl sites for hydroxylation is 1. The Morgan fingerprint density at radius 1 is 1.08 bits per heavy atom. The quantitative estimate of drug-likeness (QED) is 0.453. The van der Waals surface area contributed by atoms with E-state index in [1.807, 2.05) is 18.2 Å². The Balaban J connectivity index is 1.22. The third-order valence-electron chi connectivity index (χ3n) is 7.21. The molecule has 1 spiro atoms. The summed E-state index contributed by atoms with van der Waals surface area (Å²) in [7, 11) is 0. The lowest BCUT2D eigenvalue weighted by molar-refractivity contribution is -0.169. The van der Waals surface area contributed by atoms with Gasteiger partial charge in [0.2, 0.25) is 18.2 Å². The molecule has 3 aliphatic rings. The van der Waals surface area contributed by atoms with Crippen molar-refractivity contribution < 1.29 is 28.7 Å². The van der Waals surface area contributed by atoms with Crippen molar-refractivity contribution in [3.63, 3.8) is 0 Å². The molecule has 0 saturated carbocycles. The van der Waals surface area contributed by atoms with Gasteiger partial charge < -0.3 is 19.7 Å². The average Bonchev–Trinajstić information content (AvgIpc) is 3.34. The number of piperidine rings is 2. The molecular weight excluding hydrogens is 476 g/mol. The van der Waals surface area contributed by atoms with E-state index in [2.05, 4.69) is 27.7 Å². The molecule has 10 nitrogen and oxygen atoms in total. The van der Waals surface area contributed by atoms with Crippen LogP contribution in [-0.2, 0) is 23.9 Å². The zero-order chi connectivity index (χ0) is 26.0. The van der Waals surface area contributed by atoms with Gasteiger partial charge in [0.05, 0.1) is 13.2 Å². The van der Waals surface area contributed by atoms with Crippen molar-refractivity contribution in [1.29, 1.82) is 0 Å². The number of hydrogen-bond acceptors (Lipinski definition) is 8. The van der Waals surface area contributed by atoms with Crippen molar-refractivity contribution >= 4 is 41.2 Å². The molecule has 2 aromatic rings. The molecule has 0 aromatic heterocycles. The molecule has 3 fully saturated rings. The molecular formula is C27H30N4O6. The van der Waals surface area contributed by atoms with Crippen LogP contribution in [0.3, 0.4) is 0 Å². The summed E-state index contributed by atoms with van der Waals surface area (Å²) in [5.41, 5.74) is 3.80. The van der Waals surface area contributed by atoms with Gasteiger partial charge in [-0.15, -0.1) is 0 Å². The van der Waals surface area contributed by atoms with E-state index in [-0.39, 0.29) is 12.8 Å². The summed E-state index contributed by atoms with van der Waals surface area (Å²) in [6.45, 7) is 4.86. The van der Waals surface area contributed by atoms with Crippen molar-refractivity contribution in [3.8, 4) is 0 Å². The van der Waals surface area contributed by atoms with E-state index >= 15 is 0 Å². The van der Waals surface area contributed by atoms with Gasteiger partial charge in [-0.1, -0.05) is 0 Å². The Kier molecular flexibility index (Phi) is 6.94. The second kappa shape index (κ2) is 10.3. The maximum absolute atomic E-state index is 13.1. The summed E-state index contributed by atoms with van der Waals surface area (Å²) >= 11 is 0. The zero-order valence-corrected chi connectivity index (χ0v) is 20.7. The Labute approximate surface area is 214 Å². The minimum absolute atomic E-state index is 0.0794. The number of carbonyl (C=O) groups is 4. The van der Waals surface area contributed by atoms with Crippen LogP contribution in [0.1, 0.15) is 41.6 Å². The van der Waals surface area contributed by atoms with Gasteiger partial charge in [-0.3, -0.25) is 29.4 Å². The largest absolute Gasteiger partial charge is 0.371 e. The smallest absolute Gasteiger partial charge is 0.261 e. The topological polar surface area (TPSA) is 117 Å². The third kappa shape index (κ3) is 5.21. The normalized spacial score (nSPS) is 21.0. The van der Waals surface area contributed by atoms with Gasteiger partial charge in [0.25, 0.3) is 5.91 Å². The lowest BCUT2D eigenvalue weighted by Gasteiger charge is -2.38. The van der Waals surface area contributed by atoms with Crippen LogP contribution in [0.2, 0.25) is 0 Å². The fourth-order valence-electron chi connectivity index (χ4n) is 5.14. The Hall–Kier alpha value is -3.76. The molecule has 194 valence electrons. The first kappa shape index (κ1) is 24.9. The summed E-state index contributed by atoms with van der Waals surface area (Å²) in [6.07, 6.45) is 2.25. The maximum atomic E-state index is 13.1. The number of benzene rings is 2. The highest BCUT2D eigenvalue weighted by molar-refractivity contribution is 6.07. The molecule has 2 N–H and O–H groups in total. The van der Waals surface area contributed by atoms with Crippen LogP contribution in [0.15, 0.2) is 42.5 Å². The number of nitrogens with zero attached hydrogens (tertiary/aromatic N) is 2. The van der Waals surface area contributed by atoms with Gasteiger partial charge in [-0.2, -0.15) is 0 Å². The SMILES string of the molecule is Cc1cc(Nc2ccc(N3CCC4(CC3)OCCO4)cc2)ccc1C(=O)N(C=O)C1CCC(=O)NC1=O. The summed E-state index contributed by atoms with van der Waals surface area (Å²) in [5.74, 6) is -2.01. The third-order valence-corrected chi connectivity index (χ3v) is 7.21. The standard InChI is InChI=1S/C27H30N4O6/c1-18-16-20(4-7-22(18)26(35)31(17-32)23-8-9-24(33)29-25(23)34)28-19-2-5-21(6-3-19)30-12-10-27(11-13-30)36-14-15-37-27/h2-7,16-17,23,28H,8-15H2,1H3,(H,29,33,34). The van der Waals surface area contributed by atoms with Gasteiger partial charge in [0.15, 0.2) is 5.79 Å². The molecule has 4 amide bonds. The van der Waals surface area contributed by atoms with Gasteiger partial charge in [-0.25, -0.2) is 0 Å². The van der Waals surface area contributed by atoms with Gasteiger partial charge >= 0.3 is 0 Å². The first-order chi connectivity index (χ1) is 17.9. The van der Waals surface area contributed by atoms with Crippen LogP contribution in [0.25, 0.3) is 0 Å². The van der Waals surface area contributed by atoms with Crippen LogP contribution in [0.5, 0.6) is 0 Å². The Morgan fingerprint density at radius 2 is 1.76 bits per heavy atom. The van der Waals surface area contributed by atoms with E-state index in [0.29, 0.717) is 30.8 Å². The van der Waals surface area contributed by atoms with Crippen molar-refractivity contribution in [1.82, 2.24) is 10.2 Å². The lowest BCUT2D eigenvalue weighted by atomic mass is 10.0. The second-order valence-electron chi connectivity index (χ2n) is 9.58. The molecule has 37 heavy (non-hydrogen) atoms. The van der Waals surface area contributed by atoms with Crippen molar-refractivity contribution in [3.05, 3.63) is 53.6 Å². The number of rotatable bonds is 6. The molecule has 1 atom stereocenters. The van der Waals surface area contributed by atoms with E-state index in [9.17, 15) is 19.2 Å². The van der Waals surface area contributed by atoms with Crippen LogP contribution < -0.4 is 15.5 Å². The van der Waals surface area contributed by atoms with Crippen LogP contribution in [0, 0.1) is 6.92 Å². The molecule has 10 heteroatoms. The Bertz CT molecular complexity index is 1200. The molecule has 0 radical (unpaired) electrons. The highest BCUT2D eigenvalue weighted by Crippen LogP contribution is 2.33. The highest BCUT2D eigenvalue weighted by atomic mass is 16.7.